The van der Waals surface area contributed by atoms with E-state index in [1.807, 2.05) is 18.7 Å². The van der Waals surface area contributed by atoms with Crippen LogP contribution in [0.5, 0.6) is 5.75 Å². The topological polar surface area (TPSA) is 20.2 Å². The third-order valence-electron chi connectivity index (χ3n) is 4.28. The molecule has 1 aromatic rings. The third-order valence-corrected chi connectivity index (χ3v) is 4.90. The molecule has 1 aromatic carbocycles. The third kappa shape index (κ3) is 2.69. The Kier molecular flexibility index (Phi) is 4.26. The molecule has 0 spiro atoms. The van der Waals surface area contributed by atoms with Crippen molar-refractivity contribution >= 4 is 11.8 Å². The highest BCUT2D eigenvalue weighted by Crippen LogP contribution is 2.44. The second kappa shape index (κ2) is 5.56. The summed E-state index contributed by atoms with van der Waals surface area (Å²) in [4.78, 5) is 0. The smallest absolute Gasteiger partial charge is 0.122 e. The molecule has 0 bridgehead atoms. The van der Waals surface area contributed by atoms with Crippen molar-refractivity contribution in [1.82, 2.24) is 0 Å². The van der Waals surface area contributed by atoms with Gasteiger partial charge in [-0.15, -0.1) is 0 Å². The summed E-state index contributed by atoms with van der Waals surface area (Å²) in [5, 5.41) is 10.4. The first-order valence-electron chi connectivity index (χ1n) is 6.89. The molecule has 0 atom stereocenters. The van der Waals surface area contributed by atoms with Crippen molar-refractivity contribution in [2.45, 2.75) is 57.1 Å². The fourth-order valence-corrected chi connectivity index (χ4v) is 3.67. The number of aryl methyl sites for hydroxylation is 1. The molecule has 1 aliphatic rings. The molecule has 1 aliphatic carbocycles. The lowest BCUT2D eigenvalue weighted by Crippen LogP contribution is -2.25. The lowest BCUT2D eigenvalue weighted by Gasteiger charge is -2.35. The van der Waals surface area contributed by atoms with Crippen LogP contribution >= 0.6 is 11.8 Å². The fourth-order valence-electron chi connectivity index (χ4n) is 3.17. The second-order valence-electron chi connectivity index (χ2n) is 5.86. The van der Waals surface area contributed by atoms with Gasteiger partial charge in [-0.25, -0.2) is 0 Å². The Morgan fingerprint density at radius 3 is 2.50 bits per heavy atom. The maximum atomic E-state index is 10.4. The maximum Gasteiger partial charge on any atom is 0.122 e. The van der Waals surface area contributed by atoms with Gasteiger partial charge in [0.05, 0.1) is 0 Å². The summed E-state index contributed by atoms with van der Waals surface area (Å²) in [7, 11) is 0. The lowest BCUT2D eigenvalue weighted by atomic mass is 9.70. The first-order valence-corrected chi connectivity index (χ1v) is 8.28. The molecule has 0 aromatic heterocycles. The molecular formula is C16H24OS. The predicted molar refractivity (Wildman–Crippen MR) is 80.5 cm³/mol. The van der Waals surface area contributed by atoms with Crippen molar-refractivity contribution < 1.29 is 5.11 Å². The van der Waals surface area contributed by atoms with Crippen molar-refractivity contribution in [3.05, 3.63) is 28.8 Å². The molecule has 1 fully saturated rings. The molecule has 0 heterocycles. The van der Waals surface area contributed by atoms with Crippen molar-refractivity contribution in [1.29, 1.82) is 0 Å². The van der Waals surface area contributed by atoms with E-state index in [1.165, 1.54) is 43.2 Å². The van der Waals surface area contributed by atoms with Crippen LogP contribution in [0.25, 0.3) is 0 Å². The van der Waals surface area contributed by atoms with Gasteiger partial charge in [0.1, 0.15) is 5.75 Å². The molecule has 0 radical (unpaired) electrons. The van der Waals surface area contributed by atoms with Gasteiger partial charge in [0, 0.05) is 11.3 Å². The summed E-state index contributed by atoms with van der Waals surface area (Å²) in [5.74, 6) is 1.56. The van der Waals surface area contributed by atoms with Gasteiger partial charge in [-0.2, -0.15) is 11.8 Å². The zero-order valence-corrected chi connectivity index (χ0v) is 12.6. The van der Waals surface area contributed by atoms with E-state index >= 15 is 0 Å². The largest absolute Gasteiger partial charge is 0.507 e. The average molecular weight is 264 g/mol. The van der Waals surface area contributed by atoms with Crippen LogP contribution in [0.2, 0.25) is 0 Å². The highest BCUT2D eigenvalue weighted by Gasteiger charge is 2.31. The number of rotatable bonds is 3. The van der Waals surface area contributed by atoms with Crippen molar-refractivity contribution in [3.63, 3.8) is 0 Å². The molecule has 2 heteroatoms. The monoisotopic (exact) mass is 264 g/mol. The number of phenols is 1. The van der Waals surface area contributed by atoms with Crippen LogP contribution in [0, 0.1) is 6.92 Å². The van der Waals surface area contributed by atoms with E-state index in [-0.39, 0.29) is 5.41 Å². The highest BCUT2D eigenvalue weighted by atomic mass is 32.2. The summed E-state index contributed by atoms with van der Waals surface area (Å²) in [6.45, 7) is 4.35. The number of aromatic hydroxyl groups is 1. The van der Waals surface area contributed by atoms with Crippen LogP contribution in [-0.2, 0) is 11.2 Å². The molecule has 100 valence electrons. The average Bonchev–Trinajstić information content (AvgIpc) is 2.34. The quantitative estimate of drug-likeness (QED) is 0.847. The minimum absolute atomic E-state index is 0.182. The van der Waals surface area contributed by atoms with Crippen LogP contribution in [-0.4, -0.2) is 11.4 Å². The van der Waals surface area contributed by atoms with Gasteiger partial charge in [-0.1, -0.05) is 38.3 Å². The van der Waals surface area contributed by atoms with Crippen LogP contribution < -0.4 is 0 Å². The first kappa shape index (κ1) is 13.8. The molecule has 18 heavy (non-hydrogen) atoms. The van der Waals surface area contributed by atoms with Crippen LogP contribution in [0.3, 0.4) is 0 Å². The van der Waals surface area contributed by atoms with E-state index in [2.05, 4.69) is 25.3 Å². The molecule has 1 nitrogen and oxygen atoms in total. The molecule has 1 N–H and O–H groups in total. The molecule has 0 amide bonds. The van der Waals surface area contributed by atoms with Crippen molar-refractivity contribution in [2.75, 3.05) is 6.26 Å². The van der Waals surface area contributed by atoms with Crippen LogP contribution in [0.4, 0.5) is 0 Å². The van der Waals surface area contributed by atoms with E-state index in [0.717, 1.165) is 11.3 Å². The van der Waals surface area contributed by atoms with E-state index in [9.17, 15) is 5.11 Å². The van der Waals surface area contributed by atoms with Gasteiger partial charge < -0.3 is 5.11 Å². The standard InChI is InChI=1S/C16H24OS/c1-12-9-13(11-18-3)10-14(15(12)17)16(2)7-5-4-6-8-16/h9-10,17H,4-8,11H2,1-3H3. The minimum atomic E-state index is 0.182. The number of hydrogen-bond acceptors (Lipinski definition) is 2. The van der Waals surface area contributed by atoms with E-state index in [0.29, 0.717) is 5.75 Å². The molecule has 2 rings (SSSR count). The SMILES string of the molecule is CSCc1cc(C)c(O)c(C2(C)CCCCC2)c1. The van der Waals surface area contributed by atoms with Crippen LogP contribution in [0.1, 0.15) is 55.7 Å². The zero-order chi connectivity index (χ0) is 13.2. The molecule has 1 saturated carbocycles. The van der Waals surface area contributed by atoms with Gasteiger partial charge in [0.2, 0.25) is 0 Å². The molecular weight excluding hydrogens is 240 g/mol. The van der Waals surface area contributed by atoms with Gasteiger partial charge >= 0.3 is 0 Å². The summed E-state index contributed by atoms with van der Waals surface area (Å²) < 4.78 is 0. The Balaban J connectivity index is 2.41. The first-order chi connectivity index (χ1) is 8.57. The Morgan fingerprint density at radius 2 is 1.89 bits per heavy atom. The summed E-state index contributed by atoms with van der Waals surface area (Å²) in [6.07, 6.45) is 8.49. The zero-order valence-electron chi connectivity index (χ0n) is 11.8. The Morgan fingerprint density at radius 1 is 1.22 bits per heavy atom. The van der Waals surface area contributed by atoms with Gasteiger partial charge in [0.15, 0.2) is 0 Å². The van der Waals surface area contributed by atoms with E-state index in [4.69, 9.17) is 0 Å². The minimum Gasteiger partial charge on any atom is -0.507 e. The number of hydrogen-bond donors (Lipinski definition) is 1. The number of thioether (sulfide) groups is 1. The molecule has 0 aliphatic heterocycles. The predicted octanol–water partition coefficient (Wildman–Crippen LogP) is 4.79. The van der Waals surface area contributed by atoms with E-state index < -0.39 is 0 Å². The second-order valence-corrected chi connectivity index (χ2v) is 6.73. The molecule has 0 unspecified atom stereocenters. The summed E-state index contributed by atoms with van der Waals surface area (Å²) in [6, 6.07) is 4.37. The van der Waals surface area contributed by atoms with Crippen molar-refractivity contribution in [3.8, 4) is 5.75 Å². The Bertz CT molecular complexity index is 419. The fraction of sp³-hybridized carbons (Fsp3) is 0.625. The normalized spacial score (nSPS) is 18.8. The van der Waals surface area contributed by atoms with E-state index in [1.54, 1.807) is 0 Å². The summed E-state index contributed by atoms with van der Waals surface area (Å²) in [5.41, 5.74) is 3.75. The Labute approximate surface area is 115 Å². The lowest BCUT2D eigenvalue weighted by molar-refractivity contribution is 0.307. The highest BCUT2D eigenvalue weighted by molar-refractivity contribution is 7.97. The Hall–Kier alpha value is -0.630. The molecule has 0 saturated heterocycles. The number of benzene rings is 1. The number of phenolic OH excluding ortho intramolecular Hbond substituents is 1. The van der Waals surface area contributed by atoms with Gasteiger partial charge in [-0.05, 0) is 42.6 Å². The van der Waals surface area contributed by atoms with Gasteiger partial charge in [-0.3, -0.25) is 0 Å². The van der Waals surface area contributed by atoms with Gasteiger partial charge in [0.25, 0.3) is 0 Å². The van der Waals surface area contributed by atoms with Crippen molar-refractivity contribution in [2.24, 2.45) is 0 Å². The van der Waals surface area contributed by atoms with Crippen LogP contribution in [0.15, 0.2) is 12.1 Å². The maximum absolute atomic E-state index is 10.4. The summed E-state index contributed by atoms with van der Waals surface area (Å²) >= 11 is 1.84.